The van der Waals surface area contributed by atoms with E-state index in [0.29, 0.717) is 28.8 Å². The first-order valence-corrected chi connectivity index (χ1v) is 7.16. The summed E-state index contributed by atoms with van der Waals surface area (Å²) in [5.41, 5.74) is 0.470. The average Bonchev–Trinajstić information content (AvgIpc) is 2.76. The summed E-state index contributed by atoms with van der Waals surface area (Å²) in [7, 11) is 1.88. The first kappa shape index (κ1) is 12.9. The van der Waals surface area contributed by atoms with E-state index >= 15 is 0 Å². The van der Waals surface area contributed by atoms with E-state index in [0.717, 1.165) is 12.8 Å². The monoisotopic (exact) mass is 279 g/mol. The van der Waals surface area contributed by atoms with Crippen molar-refractivity contribution in [1.29, 1.82) is 0 Å². The van der Waals surface area contributed by atoms with E-state index in [-0.39, 0.29) is 5.91 Å². The number of hydrogen-bond donors (Lipinski definition) is 1. The summed E-state index contributed by atoms with van der Waals surface area (Å²) in [6.45, 7) is 0. The third kappa shape index (κ3) is 2.60. The number of fused-ring (bicyclic) bond motifs is 2. The summed E-state index contributed by atoms with van der Waals surface area (Å²) in [5, 5.41) is 4.15. The molecule has 2 unspecified atom stereocenters. The molecule has 2 fully saturated rings. The predicted octanol–water partition coefficient (Wildman–Crippen LogP) is 2.09. The molecule has 19 heavy (non-hydrogen) atoms. The van der Waals surface area contributed by atoms with Gasteiger partial charge in [0, 0.05) is 31.4 Å². The lowest BCUT2D eigenvalue weighted by molar-refractivity contribution is 0.0676. The smallest absolute Gasteiger partial charge is 0.272 e. The van der Waals surface area contributed by atoms with Gasteiger partial charge in [0.2, 0.25) is 0 Å². The van der Waals surface area contributed by atoms with E-state index in [4.69, 9.17) is 11.6 Å². The maximum atomic E-state index is 12.4. The fourth-order valence-corrected chi connectivity index (χ4v) is 3.30. The van der Waals surface area contributed by atoms with Crippen LogP contribution in [-0.4, -0.2) is 41.0 Å². The number of carbonyl (C=O) groups excluding carboxylic acids is 1. The molecule has 1 aromatic rings. The van der Waals surface area contributed by atoms with Crippen LogP contribution in [0.4, 0.5) is 0 Å². The molecule has 102 valence electrons. The van der Waals surface area contributed by atoms with Crippen LogP contribution < -0.4 is 5.32 Å². The molecule has 0 radical (unpaired) electrons. The minimum absolute atomic E-state index is 0.0111. The van der Waals surface area contributed by atoms with Crippen LogP contribution in [0.2, 0.25) is 5.02 Å². The summed E-state index contributed by atoms with van der Waals surface area (Å²) in [6, 6.07) is 4.89. The molecule has 2 aliphatic heterocycles. The van der Waals surface area contributed by atoms with Gasteiger partial charge in [0.1, 0.15) is 5.69 Å². The molecule has 2 atom stereocenters. The van der Waals surface area contributed by atoms with Gasteiger partial charge in [-0.2, -0.15) is 0 Å². The van der Waals surface area contributed by atoms with Crippen LogP contribution in [0.1, 0.15) is 36.2 Å². The summed E-state index contributed by atoms with van der Waals surface area (Å²) < 4.78 is 0. The third-order valence-corrected chi connectivity index (χ3v) is 4.49. The molecule has 2 aliphatic rings. The number of piperidine rings is 1. The van der Waals surface area contributed by atoms with Crippen LogP contribution in [0.5, 0.6) is 0 Å². The van der Waals surface area contributed by atoms with E-state index in [9.17, 15) is 4.79 Å². The van der Waals surface area contributed by atoms with Crippen LogP contribution in [0.3, 0.4) is 0 Å². The highest BCUT2D eigenvalue weighted by molar-refractivity contribution is 6.30. The zero-order valence-corrected chi connectivity index (χ0v) is 11.7. The Balaban J connectivity index is 1.71. The van der Waals surface area contributed by atoms with Gasteiger partial charge >= 0.3 is 0 Å². The Labute approximate surface area is 118 Å². The largest absolute Gasteiger partial charge is 0.337 e. The van der Waals surface area contributed by atoms with Crippen molar-refractivity contribution >= 4 is 17.5 Å². The van der Waals surface area contributed by atoms with Gasteiger partial charge in [0.05, 0.1) is 5.02 Å². The van der Waals surface area contributed by atoms with Gasteiger partial charge in [-0.05, 0) is 37.8 Å². The van der Waals surface area contributed by atoms with Gasteiger partial charge in [-0.3, -0.25) is 4.79 Å². The van der Waals surface area contributed by atoms with Crippen LogP contribution in [-0.2, 0) is 0 Å². The Morgan fingerprint density at radius 1 is 1.37 bits per heavy atom. The first-order valence-electron chi connectivity index (χ1n) is 6.78. The highest BCUT2D eigenvalue weighted by Crippen LogP contribution is 2.29. The summed E-state index contributed by atoms with van der Waals surface area (Å²) >= 11 is 5.80. The van der Waals surface area contributed by atoms with Crippen LogP contribution in [0, 0.1) is 0 Å². The van der Waals surface area contributed by atoms with Crippen molar-refractivity contribution in [3.8, 4) is 0 Å². The van der Waals surface area contributed by atoms with Gasteiger partial charge < -0.3 is 10.2 Å². The quantitative estimate of drug-likeness (QED) is 0.902. The average molecular weight is 280 g/mol. The molecular weight excluding hydrogens is 262 g/mol. The van der Waals surface area contributed by atoms with E-state index in [1.54, 1.807) is 12.1 Å². The third-order valence-electron chi connectivity index (χ3n) is 4.26. The highest BCUT2D eigenvalue weighted by atomic mass is 35.5. The molecule has 1 aromatic heterocycles. The molecule has 2 saturated heterocycles. The zero-order chi connectivity index (χ0) is 13.4. The van der Waals surface area contributed by atoms with Crippen LogP contribution in [0.25, 0.3) is 0 Å². The molecule has 0 spiro atoms. The number of nitrogens with one attached hydrogen (secondary N) is 1. The Morgan fingerprint density at radius 3 is 2.63 bits per heavy atom. The summed E-state index contributed by atoms with van der Waals surface area (Å²) in [4.78, 5) is 18.3. The van der Waals surface area contributed by atoms with E-state index in [1.807, 2.05) is 11.9 Å². The first-order chi connectivity index (χ1) is 9.13. The second-order valence-corrected chi connectivity index (χ2v) is 5.98. The maximum absolute atomic E-state index is 12.4. The fourth-order valence-electron chi connectivity index (χ4n) is 3.19. The van der Waals surface area contributed by atoms with Crippen LogP contribution >= 0.6 is 11.6 Å². The Hall–Kier alpha value is -1.13. The van der Waals surface area contributed by atoms with Crippen molar-refractivity contribution < 1.29 is 4.79 Å². The minimum atomic E-state index is -0.0111. The van der Waals surface area contributed by atoms with Crippen molar-refractivity contribution in [2.24, 2.45) is 0 Å². The molecule has 0 saturated carbocycles. The molecule has 0 aliphatic carbocycles. The highest BCUT2D eigenvalue weighted by Gasteiger charge is 2.36. The predicted molar refractivity (Wildman–Crippen MR) is 74.3 cm³/mol. The van der Waals surface area contributed by atoms with Gasteiger partial charge in [-0.1, -0.05) is 11.6 Å². The number of nitrogens with zero attached hydrogens (tertiary/aromatic N) is 2. The Bertz CT molecular complexity index is 464. The topological polar surface area (TPSA) is 45.2 Å². The van der Waals surface area contributed by atoms with Crippen LogP contribution in [0.15, 0.2) is 18.3 Å². The molecular formula is C14H18ClN3O. The second-order valence-electron chi connectivity index (χ2n) is 5.54. The van der Waals surface area contributed by atoms with Crippen molar-refractivity contribution in [1.82, 2.24) is 15.2 Å². The SMILES string of the molecule is CN(C(=O)c1ccc(Cl)cn1)C1CC2CCC(C1)N2. The molecule has 1 N–H and O–H groups in total. The Kier molecular flexibility index (Phi) is 3.46. The number of aromatic nitrogens is 1. The lowest BCUT2D eigenvalue weighted by Crippen LogP contribution is -2.48. The normalized spacial score (nSPS) is 29.3. The molecule has 3 rings (SSSR count). The van der Waals surface area contributed by atoms with E-state index < -0.39 is 0 Å². The molecule has 5 heteroatoms. The minimum Gasteiger partial charge on any atom is -0.337 e. The lowest BCUT2D eigenvalue weighted by atomic mass is 9.98. The van der Waals surface area contributed by atoms with Gasteiger partial charge in [-0.15, -0.1) is 0 Å². The number of carbonyl (C=O) groups is 1. The van der Waals surface area contributed by atoms with Crippen molar-refractivity contribution in [2.45, 2.75) is 43.8 Å². The van der Waals surface area contributed by atoms with Crippen molar-refractivity contribution in [2.75, 3.05) is 7.05 Å². The Morgan fingerprint density at radius 2 is 2.05 bits per heavy atom. The molecule has 4 nitrogen and oxygen atoms in total. The molecule has 3 heterocycles. The number of pyridine rings is 1. The molecule has 0 aromatic carbocycles. The van der Waals surface area contributed by atoms with E-state index in [1.165, 1.54) is 19.0 Å². The number of halogens is 1. The molecule has 1 amide bonds. The maximum Gasteiger partial charge on any atom is 0.272 e. The van der Waals surface area contributed by atoms with Gasteiger partial charge in [-0.25, -0.2) is 4.98 Å². The zero-order valence-electron chi connectivity index (χ0n) is 11.0. The van der Waals surface area contributed by atoms with E-state index in [2.05, 4.69) is 10.3 Å². The number of amides is 1. The molecule has 2 bridgehead atoms. The lowest BCUT2D eigenvalue weighted by Gasteiger charge is -2.35. The van der Waals surface area contributed by atoms with Crippen molar-refractivity contribution in [3.05, 3.63) is 29.0 Å². The van der Waals surface area contributed by atoms with Crippen molar-refractivity contribution in [3.63, 3.8) is 0 Å². The van der Waals surface area contributed by atoms with Gasteiger partial charge in [0.25, 0.3) is 5.91 Å². The fraction of sp³-hybridized carbons (Fsp3) is 0.571. The summed E-state index contributed by atoms with van der Waals surface area (Å²) in [6.07, 6.45) is 6.10. The van der Waals surface area contributed by atoms with Gasteiger partial charge in [0.15, 0.2) is 0 Å². The number of rotatable bonds is 2. The second kappa shape index (κ2) is 5.10. The summed E-state index contributed by atoms with van der Waals surface area (Å²) in [5.74, 6) is -0.0111. The standard InChI is InChI=1S/C14H18ClN3O/c1-18(12-6-10-3-4-11(7-12)17-10)14(19)13-5-2-9(15)8-16-13/h2,5,8,10-12,17H,3-4,6-7H2,1H3. The number of hydrogen-bond acceptors (Lipinski definition) is 3.